The van der Waals surface area contributed by atoms with Gasteiger partial charge in [-0.1, -0.05) is 51.1 Å². The van der Waals surface area contributed by atoms with E-state index in [0.717, 1.165) is 31.2 Å². The lowest BCUT2D eigenvalue weighted by molar-refractivity contribution is -0.144. The molecule has 1 aromatic carbocycles. The summed E-state index contributed by atoms with van der Waals surface area (Å²) in [5.41, 5.74) is 1.10. The van der Waals surface area contributed by atoms with Crippen molar-refractivity contribution in [3.05, 3.63) is 35.9 Å². The number of fused-ring (bicyclic) bond motifs is 1. The minimum absolute atomic E-state index is 0.00934. The summed E-state index contributed by atoms with van der Waals surface area (Å²) in [6, 6.07) is 9.89. The lowest BCUT2D eigenvalue weighted by atomic mass is 9.51. The highest BCUT2D eigenvalue weighted by Gasteiger charge is 2.53. The number of carbonyl (C=O) groups excluding carboxylic acids is 2. The molecule has 1 aromatic rings. The first-order valence-corrected chi connectivity index (χ1v) is 11.5. The van der Waals surface area contributed by atoms with Crippen molar-refractivity contribution < 1.29 is 19.4 Å². The molecular weight excluding hydrogens is 392 g/mol. The zero-order valence-corrected chi connectivity index (χ0v) is 19.3. The molecule has 2 saturated carbocycles. The van der Waals surface area contributed by atoms with Gasteiger partial charge in [0.25, 0.3) is 0 Å². The predicted octanol–water partition coefficient (Wildman–Crippen LogP) is 2.89. The fourth-order valence-corrected chi connectivity index (χ4v) is 6.02. The molecule has 7 atom stereocenters. The van der Waals surface area contributed by atoms with Crippen LogP contribution >= 0.6 is 0 Å². The third-order valence-corrected chi connectivity index (χ3v) is 7.87. The van der Waals surface area contributed by atoms with Crippen LogP contribution in [0.25, 0.3) is 0 Å². The fourth-order valence-electron chi connectivity index (χ4n) is 6.02. The highest BCUT2D eigenvalue weighted by molar-refractivity contribution is 5.78. The summed E-state index contributed by atoms with van der Waals surface area (Å²) in [6.07, 6.45) is 3.17. The molecule has 3 N–H and O–H groups in total. The van der Waals surface area contributed by atoms with Gasteiger partial charge in [0.2, 0.25) is 11.8 Å². The Labute approximate surface area is 186 Å². The lowest BCUT2D eigenvalue weighted by Gasteiger charge is -2.56. The molecule has 0 saturated heterocycles. The van der Waals surface area contributed by atoms with Crippen LogP contribution in [-0.2, 0) is 20.9 Å². The van der Waals surface area contributed by atoms with Crippen molar-refractivity contribution >= 4 is 11.8 Å². The Balaban J connectivity index is 1.66. The average molecular weight is 431 g/mol. The van der Waals surface area contributed by atoms with Crippen LogP contribution in [0.2, 0.25) is 0 Å². The van der Waals surface area contributed by atoms with Crippen LogP contribution < -0.4 is 10.6 Å². The molecule has 2 aliphatic carbocycles. The maximum Gasteiger partial charge on any atom is 0.246 e. The summed E-state index contributed by atoms with van der Waals surface area (Å²) in [7, 11) is 1.51. The van der Waals surface area contributed by atoms with Crippen LogP contribution in [0.4, 0.5) is 0 Å². The van der Waals surface area contributed by atoms with Gasteiger partial charge in [-0.3, -0.25) is 9.59 Å². The van der Waals surface area contributed by atoms with Gasteiger partial charge < -0.3 is 20.5 Å². The van der Waals surface area contributed by atoms with E-state index in [2.05, 4.69) is 24.5 Å². The Morgan fingerprint density at radius 2 is 1.90 bits per heavy atom. The molecule has 0 spiro atoms. The molecule has 172 valence electrons. The summed E-state index contributed by atoms with van der Waals surface area (Å²) in [5, 5.41) is 17.6. The highest BCUT2D eigenvalue weighted by Crippen LogP contribution is 2.55. The number of carbonyl (C=O) groups is 2. The maximum absolute atomic E-state index is 12.9. The molecule has 1 unspecified atom stereocenters. The number of hydrogen-bond donors (Lipinski definition) is 3. The first-order valence-electron chi connectivity index (χ1n) is 11.5. The molecule has 3 rings (SSSR count). The second-order valence-corrected chi connectivity index (χ2v) is 9.87. The summed E-state index contributed by atoms with van der Waals surface area (Å²) in [6.45, 7) is 6.88. The molecule has 2 amide bonds. The first kappa shape index (κ1) is 23.7. The van der Waals surface area contributed by atoms with Gasteiger partial charge in [-0.2, -0.15) is 0 Å². The van der Waals surface area contributed by atoms with E-state index in [0.29, 0.717) is 6.54 Å². The molecule has 0 aromatic heterocycles. The summed E-state index contributed by atoms with van der Waals surface area (Å²) in [4.78, 5) is 24.9. The van der Waals surface area contributed by atoms with Crippen LogP contribution in [0, 0.1) is 29.1 Å². The molecule has 6 heteroatoms. The minimum Gasteiger partial charge on any atom is -0.392 e. The van der Waals surface area contributed by atoms with Gasteiger partial charge in [-0.25, -0.2) is 0 Å². The monoisotopic (exact) mass is 430 g/mol. The molecule has 0 aliphatic heterocycles. The lowest BCUT2D eigenvalue weighted by Crippen LogP contribution is -2.58. The second-order valence-electron chi connectivity index (χ2n) is 9.87. The number of amides is 2. The van der Waals surface area contributed by atoms with E-state index < -0.39 is 6.10 Å². The van der Waals surface area contributed by atoms with Gasteiger partial charge in [0.05, 0.1) is 6.10 Å². The van der Waals surface area contributed by atoms with Crippen molar-refractivity contribution in [2.24, 2.45) is 29.1 Å². The molecule has 2 aliphatic rings. The number of nitrogens with one attached hydrogen (secondary N) is 2. The fraction of sp³-hybridized carbons (Fsp3) is 0.680. The van der Waals surface area contributed by atoms with E-state index in [1.165, 1.54) is 7.11 Å². The third-order valence-electron chi connectivity index (χ3n) is 7.87. The Morgan fingerprint density at radius 1 is 1.23 bits per heavy atom. The Bertz CT molecular complexity index is 755. The van der Waals surface area contributed by atoms with E-state index in [1.54, 1.807) is 0 Å². The quantitative estimate of drug-likeness (QED) is 0.621. The summed E-state index contributed by atoms with van der Waals surface area (Å²) < 4.78 is 4.95. The molecule has 0 radical (unpaired) electrons. The van der Waals surface area contributed by atoms with Gasteiger partial charge in [-0.15, -0.1) is 0 Å². The minimum atomic E-state index is -0.562. The maximum atomic E-state index is 12.9. The van der Waals surface area contributed by atoms with Crippen LogP contribution in [0.5, 0.6) is 0 Å². The van der Waals surface area contributed by atoms with Crippen molar-refractivity contribution in [1.82, 2.24) is 10.6 Å². The van der Waals surface area contributed by atoms with Crippen LogP contribution in [-0.4, -0.2) is 42.8 Å². The smallest absolute Gasteiger partial charge is 0.246 e. The van der Waals surface area contributed by atoms with Gasteiger partial charge in [-0.05, 0) is 54.4 Å². The van der Waals surface area contributed by atoms with Gasteiger partial charge in [0.15, 0.2) is 0 Å². The highest BCUT2D eigenvalue weighted by atomic mass is 16.5. The van der Waals surface area contributed by atoms with Gasteiger partial charge in [0.1, 0.15) is 6.61 Å². The van der Waals surface area contributed by atoms with E-state index in [1.807, 2.05) is 37.3 Å². The van der Waals surface area contributed by atoms with Crippen molar-refractivity contribution in [3.63, 3.8) is 0 Å². The Hall–Kier alpha value is -1.92. The number of aliphatic hydroxyl groups is 1. The number of methoxy groups -OCH3 is 1. The zero-order valence-electron chi connectivity index (χ0n) is 19.3. The number of rotatable bonds is 7. The molecule has 0 heterocycles. The topological polar surface area (TPSA) is 87.7 Å². The van der Waals surface area contributed by atoms with E-state index >= 15 is 0 Å². The third kappa shape index (κ3) is 5.29. The molecule has 31 heavy (non-hydrogen) atoms. The van der Waals surface area contributed by atoms with Gasteiger partial charge >= 0.3 is 0 Å². The van der Waals surface area contributed by atoms with E-state index in [-0.39, 0.29) is 53.5 Å². The summed E-state index contributed by atoms with van der Waals surface area (Å²) >= 11 is 0. The molecule has 6 nitrogen and oxygen atoms in total. The molecular formula is C25H38N2O4. The van der Waals surface area contributed by atoms with E-state index in [9.17, 15) is 14.7 Å². The molecule has 0 bridgehead atoms. The Morgan fingerprint density at radius 3 is 2.58 bits per heavy atom. The standard InChI is InChI=1S/C25H38N2O4/c1-16(24(30)26-14-18-8-6-5-7-9-18)19-10-12-25(3)13-11-20(27-21(28)15-31-4)17(2)22(25)23(19)29/h5-9,16-17,19-20,22-23,29H,10-15H2,1-4H3,(H,26,30)(H,27,28)/t16-,17+,19?,20-,22+,23-,25-/m0/s1. The normalized spacial score (nSPS) is 33.8. The Kier molecular flexibility index (Phi) is 7.76. The largest absolute Gasteiger partial charge is 0.392 e. The van der Waals surface area contributed by atoms with Crippen molar-refractivity contribution in [2.75, 3.05) is 13.7 Å². The van der Waals surface area contributed by atoms with Gasteiger partial charge in [0, 0.05) is 25.6 Å². The van der Waals surface area contributed by atoms with E-state index in [4.69, 9.17) is 4.74 Å². The van der Waals surface area contributed by atoms with Crippen molar-refractivity contribution in [3.8, 4) is 0 Å². The SMILES string of the molecule is COCC(=O)N[C@H]1CC[C@]2(C)CCC([C@H](C)C(=O)NCc3ccccc3)[C@H](O)[C@H]2[C@@H]1C. The number of hydrogen-bond acceptors (Lipinski definition) is 4. The number of ether oxygens (including phenoxy) is 1. The second kappa shape index (κ2) is 10.1. The van der Waals surface area contributed by atoms with Crippen LogP contribution in [0.3, 0.4) is 0 Å². The number of benzene rings is 1. The first-order chi connectivity index (χ1) is 14.8. The van der Waals surface area contributed by atoms with Crippen molar-refractivity contribution in [2.45, 2.75) is 65.1 Å². The molecule has 2 fully saturated rings. The summed E-state index contributed by atoms with van der Waals surface area (Å²) in [5.74, 6) is -0.277. The van der Waals surface area contributed by atoms with Crippen LogP contribution in [0.15, 0.2) is 30.3 Å². The predicted molar refractivity (Wildman–Crippen MR) is 120 cm³/mol. The zero-order chi connectivity index (χ0) is 22.6. The number of aliphatic hydroxyl groups excluding tert-OH is 1. The van der Waals surface area contributed by atoms with Crippen LogP contribution in [0.1, 0.15) is 52.0 Å². The average Bonchev–Trinajstić information content (AvgIpc) is 2.75. The van der Waals surface area contributed by atoms with Crippen molar-refractivity contribution in [1.29, 1.82) is 0 Å².